The third-order valence-corrected chi connectivity index (χ3v) is 1.92. The zero-order valence-corrected chi connectivity index (χ0v) is 6.26. The van der Waals surface area contributed by atoms with E-state index >= 15 is 0 Å². The van der Waals surface area contributed by atoms with E-state index in [-0.39, 0.29) is 5.76 Å². The van der Waals surface area contributed by atoms with Crippen LogP contribution in [0.5, 0.6) is 0 Å². The van der Waals surface area contributed by atoms with Crippen molar-refractivity contribution >= 4 is 0 Å². The van der Waals surface area contributed by atoms with Crippen molar-refractivity contribution in [2.24, 2.45) is 0 Å². The molecule has 0 aromatic carbocycles. The Balaban J connectivity index is 2.88. The zero-order chi connectivity index (χ0) is 7.78. The second-order valence-electron chi connectivity index (χ2n) is 2.93. The molecule has 0 heterocycles. The third kappa shape index (κ3) is 1.21. The van der Waals surface area contributed by atoms with Crippen LogP contribution in [0.3, 0.4) is 0 Å². The summed E-state index contributed by atoms with van der Waals surface area (Å²) in [6.07, 6.45) is 3.71. The minimum absolute atomic E-state index is 0.254. The van der Waals surface area contributed by atoms with Crippen molar-refractivity contribution in [3.05, 3.63) is 23.5 Å². The Morgan fingerprint density at radius 3 is 2.60 bits per heavy atom. The van der Waals surface area contributed by atoms with Crippen molar-refractivity contribution in [1.29, 1.82) is 0 Å². The first-order chi connectivity index (χ1) is 4.52. The van der Waals surface area contributed by atoms with Gasteiger partial charge in [-0.05, 0) is 31.6 Å². The lowest BCUT2D eigenvalue weighted by molar-refractivity contribution is 0.0981. The Labute approximate surface area is 60.5 Å². The van der Waals surface area contributed by atoms with E-state index in [1.807, 2.05) is 6.92 Å². The second kappa shape index (κ2) is 2.13. The lowest BCUT2D eigenvalue weighted by atomic mass is 9.89. The Bertz CT molecular complexity index is 199. The molecule has 2 heteroatoms. The largest absolute Gasteiger partial charge is 0.508 e. The summed E-state index contributed by atoms with van der Waals surface area (Å²) in [7, 11) is 0. The fourth-order valence-corrected chi connectivity index (χ4v) is 0.901. The number of aliphatic hydroxyl groups excluding tert-OH is 1. The number of aliphatic hydroxyl groups is 2. The van der Waals surface area contributed by atoms with Gasteiger partial charge < -0.3 is 10.2 Å². The SMILES string of the molecule is CC1=CC(O)=CCC1(C)O. The fourth-order valence-electron chi connectivity index (χ4n) is 0.901. The molecule has 0 saturated heterocycles. The Hall–Kier alpha value is -0.760. The van der Waals surface area contributed by atoms with Gasteiger partial charge in [-0.1, -0.05) is 0 Å². The summed E-state index contributed by atoms with van der Waals surface area (Å²) in [5.41, 5.74) is 0.0548. The minimum Gasteiger partial charge on any atom is -0.508 e. The molecule has 1 atom stereocenters. The Morgan fingerprint density at radius 1 is 1.60 bits per heavy atom. The van der Waals surface area contributed by atoms with E-state index in [1.54, 1.807) is 19.1 Å². The van der Waals surface area contributed by atoms with Gasteiger partial charge in [-0.15, -0.1) is 0 Å². The molecule has 0 amide bonds. The van der Waals surface area contributed by atoms with Gasteiger partial charge in [0.05, 0.1) is 5.60 Å². The summed E-state index contributed by atoms with van der Waals surface area (Å²) in [6.45, 7) is 3.55. The van der Waals surface area contributed by atoms with E-state index < -0.39 is 5.60 Å². The van der Waals surface area contributed by atoms with Gasteiger partial charge >= 0.3 is 0 Å². The summed E-state index contributed by atoms with van der Waals surface area (Å²) >= 11 is 0. The van der Waals surface area contributed by atoms with Crippen LogP contribution in [0.2, 0.25) is 0 Å². The van der Waals surface area contributed by atoms with Crippen molar-refractivity contribution in [3.8, 4) is 0 Å². The molecule has 0 aromatic heterocycles. The predicted octanol–water partition coefficient (Wildman–Crippen LogP) is 1.53. The van der Waals surface area contributed by atoms with E-state index in [0.29, 0.717) is 6.42 Å². The van der Waals surface area contributed by atoms with Gasteiger partial charge in [0.25, 0.3) is 0 Å². The molecule has 1 aliphatic rings. The molecule has 0 saturated carbocycles. The van der Waals surface area contributed by atoms with Crippen LogP contribution in [0.4, 0.5) is 0 Å². The van der Waals surface area contributed by atoms with Crippen molar-refractivity contribution in [2.45, 2.75) is 25.9 Å². The number of rotatable bonds is 0. The molecule has 1 unspecified atom stereocenters. The summed E-state index contributed by atoms with van der Waals surface area (Å²) < 4.78 is 0. The highest BCUT2D eigenvalue weighted by Gasteiger charge is 2.24. The molecule has 56 valence electrons. The van der Waals surface area contributed by atoms with E-state index in [1.165, 1.54) is 0 Å². The van der Waals surface area contributed by atoms with Gasteiger partial charge in [0.1, 0.15) is 5.76 Å². The van der Waals surface area contributed by atoms with Crippen molar-refractivity contribution < 1.29 is 10.2 Å². The van der Waals surface area contributed by atoms with E-state index in [0.717, 1.165) is 5.57 Å². The van der Waals surface area contributed by atoms with Gasteiger partial charge in [0.15, 0.2) is 0 Å². The van der Waals surface area contributed by atoms with Crippen LogP contribution >= 0.6 is 0 Å². The van der Waals surface area contributed by atoms with Crippen LogP contribution in [-0.2, 0) is 0 Å². The van der Waals surface area contributed by atoms with Crippen LogP contribution in [0, 0.1) is 0 Å². The average molecular weight is 140 g/mol. The van der Waals surface area contributed by atoms with Crippen LogP contribution in [0.25, 0.3) is 0 Å². The first-order valence-electron chi connectivity index (χ1n) is 3.33. The molecule has 1 rings (SSSR count). The highest BCUT2D eigenvalue weighted by Crippen LogP contribution is 2.25. The third-order valence-electron chi connectivity index (χ3n) is 1.92. The van der Waals surface area contributed by atoms with Crippen LogP contribution in [0.1, 0.15) is 20.3 Å². The average Bonchev–Trinajstić information content (AvgIpc) is 1.81. The minimum atomic E-state index is -0.758. The van der Waals surface area contributed by atoms with Crippen molar-refractivity contribution in [1.82, 2.24) is 0 Å². The van der Waals surface area contributed by atoms with Gasteiger partial charge in [0.2, 0.25) is 0 Å². The fraction of sp³-hybridized carbons (Fsp3) is 0.500. The molecule has 0 spiro atoms. The first-order valence-corrected chi connectivity index (χ1v) is 3.33. The molecule has 1 aliphatic carbocycles. The quantitative estimate of drug-likeness (QED) is 0.535. The molecule has 2 nitrogen and oxygen atoms in total. The van der Waals surface area contributed by atoms with Crippen molar-refractivity contribution in [2.75, 3.05) is 0 Å². The zero-order valence-electron chi connectivity index (χ0n) is 6.26. The van der Waals surface area contributed by atoms with Gasteiger partial charge in [-0.2, -0.15) is 0 Å². The van der Waals surface area contributed by atoms with Crippen LogP contribution < -0.4 is 0 Å². The highest BCUT2D eigenvalue weighted by atomic mass is 16.3. The number of allylic oxidation sites excluding steroid dienone is 1. The summed E-state index contributed by atoms with van der Waals surface area (Å²) in [5.74, 6) is 0.254. The first kappa shape index (κ1) is 7.35. The highest BCUT2D eigenvalue weighted by molar-refractivity contribution is 5.28. The topological polar surface area (TPSA) is 40.5 Å². The maximum atomic E-state index is 9.54. The lowest BCUT2D eigenvalue weighted by Crippen LogP contribution is -2.26. The molecule has 0 aromatic rings. The molecule has 2 N–H and O–H groups in total. The van der Waals surface area contributed by atoms with Crippen LogP contribution in [-0.4, -0.2) is 15.8 Å². The van der Waals surface area contributed by atoms with Crippen LogP contribution in [0.15, 0.2) is 23.5 Å². The summed E-state index contributed by atoms with van der Waals surface area (Å²) in [5, 5.41) is 18.5. The molecule has 10 heavy (non-hydrogen) atoms. The Morgan fingerprint density at radius 2 is 2.20 bits per heavy atom. The maximum absolute atomic E-state index is 9.54. The molecule has 0 aliphatic heterocycles. The normalized spacial score (nSPS) is 33.1. The standard InChI is InChI=1S/C8H12O2/c1-6-5-7(9)3-4-8(6,2)10/h3,5,9-10H,4H2,1-2H3. The molecular weight excluding hydrogens is 128 g/mol. The molecule has 0 radical (unpaired) electrons. The van der Waals surface area contributed by atoms with Gasteiger partial charge in [-0.25, -0.2) is 0 Å². The summed E-state index contributed by atoms with van der Waals surface area (Å²) in [4.78, 5) is 0. The number of hydrogen-bond donors (Lipinski definition) is 2. The van der Waals surface area contributed by atoms with E-state index in [9.17, 15) is 5.11 Å². The number of hydrogen-bond acceptors (Lipinski definition) is 2. The van der Waals surface area contributed by atoms with Gasteiger partial charge in [0, 0.05) is 6.42 Å². The monoisotopic (exact) mass is 140 g/mol. The molecular formula is C8H12O2. The Kier molecular flexibility index (Phi) is 1.57. The smallest absolute Gasteiger partial charge is 0.111 e. The van der Waals surface area contributed by atoms with Crippen molar-refractivity contribution in [3.63, 3.8) is 0 Å². The maximum Gasteiger partial charge on any atom is 0.111 e. The van der Waals surface area contributed by atoms with Gasteiger partial charge in [-0.3, -0.25) is 0 Å². The second-order valence-corrected chi connectivity index (χ2v) is 2.93. The predicted molar refractivity (Wildman–Crippen MR) is 39.7 cm³/mol. The molecule has 0 bridgehead atoms. The van der Waals surface area contributed by atoms with E-state index in [2.05, 4.69) is 0 Å². The lowest BCUT2D eigenvalue weighted by Gasteiger charge is -2.25. The summed E-state index contributed by atoms with van der Waals surface area (Å²) in [6, 6.07) is 0. The molecule has 0 fully saturated rings. The van der Waals surface area contributed by atoms with E-state index in [4.69, 9.17) is 5.11 Å².